The number of likely N-dealkylation sites (tertiary alicyclic amines) is 1. The molecule has 1 aliphatic carbocycles. The van der Waals surface area contributed by atoms with Gasteiger partial charge in [0.05, 0.1) is 21.7 Å². The monoisotopic (exact) mass is 502 g/mol. The standard InChI is InChI=1S/C28H27ClN4OS/c1-31-24(16-32-11-2-3-12-32)14-20-13-23(9-10-26(20)31)33-18-30-25-15-21(17-35-27(25)28(33)34)19-5-4-6-22(29)8-7-19/h4-10,13-15,18,22H,2-3,11-12,16-17H2,1H3. The van der Waals surface area contributed by atoms with Crippen LogP contribution in [0.4, 0.5) is 0 Å². The highest BCUT2D eigenvalue weighted by atomic mass is 35.5. The molecule has 1 unspecified atom stereocenters. The topological polar surface area (TPSA) is 43.1 Å². The zero-order valence-corrected chi connectivity index (χ0v) is 21.2. The zero-order valence-electron chi connectivity index (χ0n) is 19.7. The van der Waals surface area contributed by atoms with E-state index in [-0.39, 0.29) is 10.9 Å². The molecule has 3 aromatic rings. The largest absolute Gasteiger partial charge is 0.346 e. The quantitative estimate of drug-likeness (QED) is 0.444. The van der Waals surface area contributed by atoms with E-state index in [0.29, 0.717) is 4.90 Å². The Morgan fingerprint density at radius 1 is 1.17 bits per heavy atom. The lowest BCUT2D eigenvalue weighted by atomic mass is 10.1. The van der Waals surface area contributed by atoms with Crippen molar-refractivity contribution in [1.29, 1.82) is 0 Å². The van der Waals surface area contributed by atoms with Crippen LogP contribution in [0.15, 0.2) is 81.8 Å². The summed E-state index contributed by atoms with van der Waals surface area (Å²) in [5.41, 5.74) is 6.30. The molecule has 4 heterocycles. The summed E-state index contributed by atoms with van der Waals surface area (Å²) in [5, 5.41) is 1.05. The summed E-state index contributed by atoms with van der Waals surface area (Å²) in [6.45, 7) is 3.32. The fraction of sp³-hybridized carbons (Fsp3) is 0.286. The summed E-state index contributed by atoms with van der Waals surface area (Å²) in [6, 6.07) is 8.48. The van der Waals surface area contributed by atoms with Crippen molar-refractivity contribution in [2.24, 2.45) is 7.05 Å². The van der Waals surface area contributed by atoms with Gasteiger partial charge in [-0.1, -0.05) is 30.4 Å². The van der Waals surface area contributed by atoms with Crippen LogP contribution >= 0.6 is 23.4 Å². The lowest BCUT2D eigenvalue weighted by Crippen LogP contribution is -2.23. The Balaban J connectivity index is 1.32. The van der Waals surface area contributed by atoms with Gasteiger partial charge in [-0.15, -0.1) is 23.4 Å². The number of fused-ring (bicyclic) bond motifs is 2. The van der Waals surface area contributed by atoms with E-state index in [1.165, 1.54) is 37.1 Å². The smallest absolute Gasteiger partial charge is 0.272 e. The number of rotatable bonds is 4. The highest BCUT2D eigenvalue weighted by molar-refractivity contribution is 7.99. The van der Waals surface area contributed by atoms with E-state index in [0.717, 1.165) is 40.2 Å². The molecule has 7 heteroatoms. The minimum absolute atomic E-state index is 0.0195. The maximum absolute atomic E-state index is 13.4. The third kappa shape index (κ3) is 4.35. The van der Waals surface area contributed by atoms with Gasteiger partial charge >= 0.3 is 0 Å². The van der Waals surface area contributed by atoms with Gasteiger partial charge in [-0.25, -0.2) is 4.98 Å². The van der Waals surface area contributed by atoms with E-state index in [4.69, 9.17) is 11.6 Å². The predicted octanol–water partition coefficient (Wildman–Crippen LogP) is 5.47. The molecule has 5 nitrogen and oxygen atoms in total. The number of hydrogen-bond acceptors (Lipinski definition) is 4. The average Bonchev–Trinajstić information content (AvgIpc) is 3.42. The molecule has 2 aliphatic heterocycles. The highest BCUT2D eigenvalue weighted by Crippen LogP contribution is 2.33. The first-order chi connectivity index (χ1) is 17.1. The number of allylic oxidation sites excluding steroid dienone is 6. The molecule has 1 fully saturated rings. The summed E-state index contributed by atoms with van der Waals surface area (Å²) in [4.78, 5) is 21.3. The molecule has 0 N–H and O–H groups in total. The van der Waals surface area contributed by atoms with Gasteiger partial charge < -0.3 is 4.57 Å². The summed E-state index contributed by atoms with van der Waals surface area (Å²) in [6.07, 6.45) is 16.3. The molecule has 3 aliphatic rings. The molecule has 0 radical (unpaired) electrons. The van der Waals surface area contributed by atoms with Crippen molar-refractivity contribution >= 4 is 40.3 Å². The molecular formula is C28H27ClN4OS. The second-order valence-corrected chi connectivity index (χ2v) is 10.8. The number of aromatic nitrogens is 3. The van der Waals surface area contributed by atoms with Crippen LogP contribution in [0.1, 0.15) is 24.2 Å². The van der Waals surface area contributed by atoms with Crippen LogP contribution in [-0.4, -0.2) is 43.2 Å². The lowest BCUT2D eigenvalue weighted by Gasteiger charge is -2.17. The van der Waals surface area contributed by atoms with E-state index in [1.54, 1.807) is 22.7 Å². The molecule has 2 aromatic heterocycles. The molecule has 1 saturated heterocycles. The van der Waals surface area contributed by atoms with Gasteiger partial charge in [0.15, 0.2) is 0 Å². The maximum Gasteiger partial charge on any atom is 0.272 e. The van der Waals surface area contributed by atoms with E-state index in [1.807, 2.05) is 36.4 Å². The van der Waals surface area contributed by atoms with Gasteiger partial charge in [0.1, 0.15) is 6.33 Å². The van der Waals surface area contributed by atoms with E-state index >= 15 is 0 Å². The molecule has 178 valence electrons. The number of thioether (sulfide) groups is 1. The second-order valence-electron chi connectivity index (χ2n) is 9.32. The first kappa shape index (κ1) is 22.7. The third-order valence-corrected chi connectivity index (χ3v) is 8.45. The number of aryl methyl sites for hydroxylation is 1. The second kappa shape index (κ2) is 9.34. The van der Waals surface area contributed by atoms with Crippen LogP contribution in [0.3, 0.4) is 0 Å². The first-order valence-corrected chi connectivity index (χ1v) is 13.5. The van der Waals surface area contributed by atoms with Gasteiger partial charge in [-0.05, 0) is 67.4 Å². The SMILES string of the molecule is Cn1c(CN2CCCC2)cc2cc(-n3cnc4c(c3=O)SCC(C3=CC=CC(Cl)C=C3)=C4)ccc21. The summed E-state index contributed by atoms with van der Waals surface area (Å²) in [7, 11) is 2.13. The fourth-order valence-electron chi connectivity index (χ4n) is 5.06. The molecular weight excluding hydrogens is 476 g/mol. The van der Waals surface area contributed by atoms with Crippen molar-refractivity contribution in [1.82, 2.24) is 19.0 Å². The maximum atomic E-state index is 13.4. The predicted molar refractivity (Wildman–Crippen MR) is 146 cm³/mol. The minimum Gasteiger partial charge on any atom is -0.346 e. The molecule has 0 saturated carbocycles. The third-order valence-electron chi connectivity index (χ3n) is 7.03. The van der Waals surface area contributed by atoms with E-state index in [9.17, 15) is 4.79 Å². The summed E-state index contributed by atoms with van der Waals surface area (Å²) >= 11 is 7.75. The van der Waals surface area contributed by atoms with Crippen molar-refractivity contribution in [3.8, 4) is 5.69 Å². The number of alkyl halides is 1. The van der Waals surface area contributed by atoms with Crippen LogP contribution < -0.4 is 5.56 Å². The molecule has 35 heavy (non-hydrogen) atoms. The van der Waals surface area contributed by atoms with Crippen molar-refractivity contribution < 1.29 is 0 Å². The molecule has 1 atom stereocenters. The van der Waals surface area contributed by atoms with Crippen LogP contribution in [0.25, 0.3) is 22.7 Å². The molecule has 1 aromatic carbocycles. The molecule has 0 bridgehead atoms. The average molecular weight is 503 g/mol. The van der Waals surface area contributed by atoms with Crippen molar-refractivity contribution in [2.75, 3.05) is 18.8 Å². The Morgan fingerprint density at radius 2 is 2.03 bits per heavy atom. The Hall–Kier alpha value is -2.80. The lowest BCUT2D eigenvalue weighted by molar-refractivity contribution is 0.324. The molecule has 0 spiro atoms. The Kier molecular flexibility index (Phi) is 6.04. The van der Waals surface area contributed by atoms with Crippen LogP contribution in [0.5, 0.6) is 0 Å². The summed E-state index contributed by atoms with van der Waals surface area (Å²) < 4.78 is 3.94. The van der Waals surface area contributed by atoms with Gasteiger partial charge in [0, 0.05) is 35.9 Å². The van der Waals surface area contributed by atoms with Crippen molar-refractivity contribution in [3.05, 3.63) is 93.9 Å². The Labute approximate surface area is 214 Å². The van der Waals surface area contributed by atoms with Crippen molar-refractivity contribution in [2.45, 2.75) is 29.7 Å². The minimum atomic E-state index is -0.101. The van der Waals surface area contributed by atoms with Gasteiger partial charge in [0.25, 0.3) is 5.56 Å². The Bertz CT molecular complexity index is 1490. The number of halogens is 1. The van der Waals surface area contributed by atoms with E-state index < -0.39 is 0 Å². The van der Waals surface area contributed by atoms with Gasteiger partial charge in [-0.3, -0.25) is 14.3 Å². The highest BCUT2D eigenvalue weighted by Gasteiger charge is 2.20. The Morgan fingerprint density at radius 3 is 2.89 bits per heavy atom. The fourth-order valence-corrected chi connectivity index (χ4v) is 6.24. The van der Waals surface area contributed by atoms with Gasteiger partial charge in [0.2, 0.25) is 0 Å². The van der Waals surface area contributed by atoms with E-state index in [2.05, 4.69) is 45.8 Å². The molecule has 0 amide bonds. The first-order valence-electron chi connectivity index (χ1n) is 12.0. The number of hydrogen-bond donors (Lipinski definition) is 0. The van der Waals surface area contributed by atoms with Gasteiger partial charge in [-0.2, -0.15) is 0 Å². The molecule has 6 rings (SSSR count). The summed E-state index contributed by atoms with van der Waals surface area (Å²) in [5.74, 6) is 0.725. The van der Waals surface area contributed by atoms with Crippen LogP contribution in [0, 0.1) is 0 Å². The van der Waals surface area contributed by atoms with Crippen LogP contribution in [-0.2, 0) is 13.6 Å². The normalized spacial score (nSPS) is 20.1. The van der Waals surface area contributed by atoms with Crippen molar-refractivity contribution in [3.63, 3.8) is 0 Å². The number of benzene rings is 1. The number of nitrogens with zero attached hydrogens (tertiary/aromatic N) is 4. The van der Waals surface area contributed by atoms with Crippen LogP contribution in [0.2, 0.25) is 0 Å². The zero-order chi connectivity index (χ0) is 23.9.